The van der Waals surface area contributed by atoms with Crippen molar-refractivity contribution in [3.8, 4) is 0 Å². The molecule has 0 aliphatic rings. The van der Waals surface area contributed by atoms with Crippen molar-refractivity contribution >= 4 is 26.9 Å². The minimum absolute atomic E-state index is 0.113. The van der Waals surface area contributed by atoms with Crippen LogP contribution in [0.1, 0.15) is 6.42 Å². The summed E-state index contributed by atoms with van der Waals surface area (Å²) in [5.41, 5.74) is 1.31. The fourth-order valence-electron chi connectivity index (χ4n) is 1.56. The molecule has 2 aromatic heterocycles. The molecule has 7 heteroatoms. The van der Waals surface area contributed by atoms with Crippen LogP contribution in [0.2, 0.25) is 0 Å². The van der Waals surface area contributed by atoms with E-state index in [0.717, 1.165) is 10.9 Å². The summed E-state index contributed by atoms with van der Waals surface area (Å²) in [6.07, 6.45) is 3.17. The first-order valence-corrected chi connectivity index (χ1v) is 7.31. The molecule has 0 radical (unpaired) electrons. The van der Waals surface area contributed by atoms with Gasteiger partial charge in [0.05, 0.1) is 23.2 Å². The van der Waals surface area contributed by atoms with Crippen LogP contribution in [0.5, 0.6) is 0 Å². The van der Waals surface area contributed by atoms with Gasteiger partial charge in [-0.25, -0.2) is 12.9 Å². The lowest BCUT2D eigenvalue weighted by Crippen LogP contribution is -2.16. The van der Waals surface area contributed by atoms with Gasteiger partial charge in [-0.05, 0) is 12.1 Å². The van der Waals surface area contributed by atoms with Crippen LogP contribution >= 0.6 is 0 Å². The molecule has 0 saturated carbocycles. The van der Waals surface area contributed by atoms with Gasteiger partial charge in [0.25, 0.3) is 0 Å². The van der Waals surface area contributed by atoms with E-state index in [-0.39, 0.29) is 18.1 Å². The van der Waals surface area contributed by atoms with Crippen LogP contribution in [0, 0.1) is 0 Å². The fraction of sp³-hybridized carbons (Fsp3) is 0.167. The Morgan fingerprint density at radius 3 is 3.00 bits per heavy atom. The molecule has 0 aromatic carbocycles. The van der Waals surface area contributed by atoms with E-state index in [1.54, 1.807) is 10.7 Å². The predicted octanol–water partition coefficient (Wildman–Crippen LogP) is 1.22. The van der Waals surface area contributed by atoms with Gasteiger partial charge in [-0.2, -0.15) is 5.10 Å². The van der Waals surface area contributed by atoms with Crippen molar-refractivity contribution in [1.29, 1.82) is 0 Å². The van der Waals surface area contributed by atoms with E-state index in [2.05, 4.69) is 17.0 Å². The number of amides is 1. The Labute approximate surface area is 110 Å². The molecule has 0 unspecified atom stereocenters. The van der Waals surface area contributed by atoms with Crippen molar-refractivity contribution in [2.75, 3.05) is 11.1 Å². The maximum atomic E-state index is 11.7. The highest BCUT2D eigenvalue weighted by atomic mass is 32.2. The molecule has 6 nitrogen and oxygen atoms in total. The lowest BCUT2D eigenvalue weighted by molar-refractivity contribution is -0.115. The van der Waals surface area contributed by atoms with Gasteiger partial charge in [-0.3, -0.25) is 4.79 Å². The van der Waals surface area contributed by atoms with E-state index in [1.165, 1.54) is 6.20 Å². The first kappa shape index (κ1) is 13.3. The van der Waals surface area contributed by atoms with E-state index in [9.17, 15) is 13.2 Å². The molecule has 0 aliphatic heterocycles. The van der Waals surface area contributed by atoms with Crippen molar-refractivity contribution < 1.29 is 13.2 Å². The zero-order chi connectivity index (χ0) is 13.9. The molecule has 0 aliphatic carbocycles. The zero-order valence-electron chi connectivity index (χ0n) is 10.1. The number of rotatable bonds is 5. The largest absolute Gasteiger partial charge is 0.323 e. The Hall–Kier alpha value is -2.15. The topological polar surface area (TPSA) is 80.5 Å². The minimum Gasteiger partial charge on any atom is -0.323 e. The maximum absolute atomic E-state index is 11.7. The van der Waals surface area contributed by atoms with Crippen molar-refractivity contribution in [3.05, 3.63) is 42.6 Å². The normalized spacial score (nSPS) is 11.4. The summed E-state index contributed by atoms with van der Waals surface area (Å²) in [4.78, 5) is 11.7. The van der Waals surface area contributed by atoms with E-state index in [0.29, 0.717) is 5.69 Å². The summed E-state index contributed by atoms with van der Waals surface area (Å²) in [5.74, 6) is -0.620. The summed E-state index contributed by atoms with van der Waals surface area (Å²) in [6, 6.07) is 5.46. The summed E-state index contributed by atoms with van der Waals surface area (Å²) >= 11 is 0. The molecular formula is C12H13N3O3S. The Balaban J connectivity index is 2.05. The smallest absolute Gasteiger partial charge is 0.225 e. The van der Waals surface area contributed by atoms with Crippen LogP contribution < -0.4 is 5.32 Å². The summed E-state index contributed by atoms with van der Waals surface area (Å²) < 4.78 is 24.0. The van der Waals surface area contributed by atoms with Crippen LogP contribution in [0.3, 0.4) is 0 Å². The number of hydrogen-bond acceptors (Lipinski definition) is 4. The molecule has 2 aromatic rings. The summed E-state index contributed by atoms with van der Waals surface area (Å²) in [7, 11) is -3.35. The van der Waals surface area contributed by atoms with Crippen LogP contribution in [0.4, 0.5) is 5.69 Å². The monoisotopic (exact) mass is 279 g/mol. The average Bonchev–Trinajstić information content (AvgIpc) is 2.80. The highest BCUT2D eigenvalue weighted by Crippen LogP contribution is 2.15. The molecule has 0 spiro atoms. The minimum atomic E-state index is -3.35. The molecule has 19 heavy (non-hydrogen) atoms. The van der Waals surface area contributed by atoms with E-state index >= 15 is 0 Å². The number of fused-ring (bicyclic) bond motifs is 1. The summed E-state index contributed by atoms with van der Waals surface area (Å²) in [5, 5.41) is 7.56. The standard InChI is InChI=1S/C12H13N3O3S/c1-2-19(17,18)8-6-12(16)14-10-9-13-15-7-4-3-5-11(10)15/h2-5,7,9H,1,6,8H2,(H,14,16). The van der Waals surface area contributed by atoms with Gasteiger partial charge < -0.3 is 5.32 Å². The molecule has 100 valence electrons. The number of sulfone groups is 1. The Morgan fingerprint density at radius 1 is 1.47 bits per heavy atom. The molecule has 0 fully saturated rings. The second-order valence-corrected chi connectivity index (χ2v) is 5.99. The Kier molecular flexibility index (Phi) is 3.66. The number of carbonyl (C=O) groups is 1. The van der Waals surface area contributed by atoms with Crippen LogP contribution in [0.15, 0.2) is 42.6 Å². The third-order valence-corrected chi connectivity index (χ3v) is 3.85. The van der Waals surface area contributed by atoms with E-state index in [4.69, 9.17) is 0 Å². The molecule has 1 amide bonds. The number of nitrogens with zero attached hydrogens (tertiary/aromatic N) is 2. The second kappa shape index (κ2) is 5.23. The van der Waals surface area contributed by atoms with Crippen molar-refractivity contribution in [2.24, 2.45) is 0 Å². The van der Waals surface area contributed by atoms with Crippen LogP contribution in [-0.4, -0.2) is 29.7 Å². The van der Waals surface area contributed by atoms with Crippen molar-refractivity contribution in [1.82, 2.24) is 9.61 Å². The van der Waals surface area contributed by atoms with Gasteiger partial charge in [-0.15, -0.1) is 0 Å². The van der Waals surface area contributed by atoms with Gasteiger partial charge in [0, 0.05) is 18.0 Å². The quantitative estimate of drug-likeness (QED) is 0.892. The number of carbonyl (C=O) groups excluding carboxylic acids is 1. The van der Waals surface area contributed by atoms with E-state index < -0.39 is 9.84 Å². The Morgan fingerprint density at radius 2 is 2.26 bits per heavy atom. The first-order valence-electron chi connectivity index (χ1n) is 5.59. The third-order valence-electron chi connectivity index (χ3n) is 2.57. The SMILES string of the molecule is C=CS(=O)(=O)CCC(=O)Nc1cnn2ccccc12. The lowest BCUT2D eigenvalue weighted by Gasteiger charge is -2.02. The summed E-state index contributed by atoms with van der Waals surface area (Å²) in [6.45, 7) is 3.19. The van der Waals surface area contributed by atoms with Gasteiger partial charge in [0.2, 0.25) is 5.91 Å². The molecule has 0 bridgehead atoms. The molecule has 2 rings (SSSR count). The number of nitrogens with one attached hydrogen (secondary N) is 1. The van der Waals surface area contributed by atoms with Crippen LogP contribution in [-0.2, 0) is 14.6 Å². The fourth-order valence-corrected chi connectivity index (χ4v) is 2.20. The van der Waals surface area contributed by atoms with Crippen LogP contribution in [0.25, 0.3) is 5.52 Å². The van der Waals surface area contributed by atoms with Gasteiger partial charge in [0.1, 0.15) is 0 Å². The number of pyridine rings is 1. The second-order valence-electron chi connectivity index (χ2n) is 3.92. The average molecular weight is 279 g/mol. The maximum Gasteiger partial charge on any atom is 0.225 e. The third kappa shape index (κ3) is 3.19. The molecule has 1 N–H and O–H groups in total. The molecule has 2 heterocycles. The highest BCUT2D eigenvalue weighted by molar-refractivity contribution is 7.94. The number of aromatic nitrogens is 2. The first-order chi connectivity index (χ1) is 9.02. The number of anilines is 1. The zero-order valence-corrected chi connectivity index (χ0v) is 10.9. The van der Waals surface area contributed by atoms with Gasteiger partial charge in [0.15, 0.2) is 9.84 Å². The highest BCUT2D eigenvalue weighted by Gasteiger charge is 2.11. The van der Waals surface area contributed by atoms with Gasteiger partial charge in [-0.1, -0.05) is 12.6 Å². The number of hydrogen-bond donors (Lipinski definition) is 1. The molecule has 0 saturated heterocycles. The predicted molar refractivity (Wildman–Crippen MR) is 72.4 cm³/mol. The lowest BCUT2D eigenvalue weighted by atomic mass is 10.3. The Bertz CT molecular complexity index is 719. The molecular weight excluding hydrogens is 266 g/mol. The van der Waals surface area contributed by atoms with Crippen molar-refractivity contribution in [2.45, 2.75) is 6.42 Å². The van der Waals surface area contributed by atoms with Gasteiger partial charge >= 0.3 is 0 Å². The van der Waals surface area contributed by atoms with Crippen molar-refractivity contribution in [3.63, 3.8) is 0 Å². The molecule has 0 atom stereocenters. The van der Waals surface area contributed by atoms with E-state index in [1.807, 2.05) is 18.2 Å².